The number of hydrogen-bond donors (Lipinski definition) is 0. The van der Waals surface area contributed by atoms with Crippen LogP contribution in [0.1, 0.15) is 45.2 Å². The Morgan fingerprint density at radius 1 is 1.00 bits per heavy atom. The lowest BCUT2D eigenvalue weighted by Gasteiger charge is -2.20. The van der Waals surface area contributed by atoms with E-state index in [1.54, 1.807) is 13.8 Å². The van der Waals surface area contributed by atoms with Gasteiger partial charge >= 0.3 is 5.97 Å². The average molecular weight is 456 g/mol. The molecule has 3 aromatic rings. The minimum absolute atomic E-state index is 0.189. The minimum atomic E-state index is -1.07. The molecule has 0 saturated carbocycles. The number of carbonyl (C=O) groups is 3. The predicted octanol–water partition coefficient (Wildman–Crippen LogP) is 4.81. The van der Waals surface area contributed by atoms with Gasteiger partial charge in [-0.25, -0.2) is 4.79 Å². The zero-order valence-corrected chi connectivity index (χ0v) is 19.8. The van der Waals surface area contributed by atoms with E-state index in [1.165, 1.54) is 7.11 Å². The summed E-state index contributed by atoms with van der Waals surface area (Å²) in [5.74, 6) is -0.978. The van der Waals surface area contributed by atoms with Crippen LogP contribution in [0, 0.1) is 27.7 Å². The van der Waals surface area contributed by atoms with Crippen molar-refractivity contribution < 1.29 is 23.9 Å². The topological polar surface area (TPSA) is 74.6 Å². The number of aromatic nitrogens is 1. The van der Waals surface area contributed by atoms with Crippen LogP contribution in [0.3, 0.4) is 0 Å². The fraction of sp³-hybridized carbons (Fsp3) is 0.320. The van der Waals surface area contributed by atoms with Crippen LogP contribution < -0.4 is 4.74 Å². The first-order chi connectivity index (χ1) is 15.1. The molecule has 0 bridgehead atoms. The van der Waals surface area contributed by atoms with Crippen LogP contribution in [-0.2, 0) is 20.9 Å². The molecule has 168 valence electrons. The van der Waals surface area contributed by atoms with Crippen LogP contribution in [0.15, 0.2) is 30.3 Å². The molecule has 0 radical (unpaired) electrons. The first-order valence-electron chi connectivity index (χ1n) is 10.2. The molecule has 1 unspecified atom stereocenters. The molecule has 0 N–H and O–H groups in total. The number of Topliss-reactive ketones (excluding diaryl/α,β-unsaturated/α-hetero) is 1. The smallest absolute Gasteiger partial charge is 0.346 e. The van der Waals surface area contributed by atoms with Crippen LogP contribution >= 0.6 is 11.6 Å². The first-order valence-corrected chi connectivity index (χ1v) is 10.6. The van der Waals surface area contributed by atoms with Gasteiger partial charge in [-0.1, -0.05) is 30.3 Å². The zero-order chi connectivity index (χ0) is 23.7. The van der Waals surface area contributed by atoms with E-state index < -0.39 is 23.1 Å². The monoisotopic (exact) mass is 455 g/mol. The van der Waals surface area contributed by atoms with Crippen LogP contribution in [0.2, 0.25) is 0 Å². The van der Waals surface area contributed by atoms with E-state index in [-0.39, 0.29) is 5.56 Å². The second kappa shape index (κ2) is 9.17. The number of nitrogens with zero attached hydrogens (tertiary/aromatic N) is 1. The molecule has 0 aliphatic rings. The highest BCUT2D eigenvalue weighted by atomic mass is 35.5. The van der Waals surface area contributed by atoms with Gasteiger partial charge in [0.1, 0.15) is 5.75 Å². The SMILES string of the molecule is COC(=O)C(C)Oc1c(C)c(C)c(C)c2c1c(C(=O)C(=O)Cl)c(C)n2Cc1ccccc1. The molecule has 1 aromatic heterocycles. The summed E-state index contributed by atoms with van der Waals surface area (Å²) in [5, 5.41) is -0.594. The van der Waals surface area contributed by atoms with Gasteiger partial charge in [-0.05, 0) is 68.5 Å². The van der Waals surface area contributed by atoms with Crippen molar-refractivity contribution in [1.82, 2.24) is 4.57 Å². The fourth-order valence-corrected chi connectivity index (χ4v) is 4.14. The Morgan fingerprint density at radius 3 is 2.19 bits per heavy atom. The van der Waals surface area contributed by atoms with Crippen LogP contribution in [-0.4, -0.2) is 34.8 Å². The van der Waals surface area contributed by atoms with E-state index in [4.69, 9.17) is 21.1 Å². The van der Waals surface area contributed by atoms with Gasteiger partial charge < -0.3 is 14.0 Å². The quantitative estimate of drug-likeness (QED) is 0.221. The van der Waals surface area contributed by atoms with Gasteiger partial charge in [0.15, 0.2) is 6.10 Å². The molecule has 32 heavy (non-hydrogen) atoms. The average Bonchev–Trinajstić information content (AvgIpc) is 3.06. The number of hydrogen-bond acceptors (Lipinski definition) is 5. The zero-order valence-electron chi connectivity index (χ0n) is 19.0. The molecular weight excluding hydrogens is 430 g/mol. The van der Waals surface area contributed by atoms with Gasteiger partial charge in [0.25, 0.3) is 5.24 Å². The number of halogens is 1. The molecule has 0 fully saturated rings. The summed E-state index contributed by atoms with van der Waals surface area (Å²) in [5.41, 5.74) is 5.29. The van der Waals surface area contributed by atoms with Crippen molar-refractivity contribution in [3.8, 4) is 5.75 Å². The first kappa shape index (κ1) is 23.5. The van der Waals surface area contributed by atoms with E-state index in [1.807, 2.05) is 55.7 Å². The maximum absolute atomic E-state index is 12.9. The summed E-state index contributed by atoms with van der Waals surface area (Å²) in [6.45, 7) is 9.64. The van der Waals surface area contributed by atoms with Gasteiger partial charge in [0.05, 0.1) is 23.6 Å². The predicted molar refractivity (Wildman–Crippen MR) is 124 cm³/mol. The van der Waals surface area contributed by atoms with Crippen molar-refractivity contribution in [3.05, 3.63) is 63.8 Å². The Morgan fingerprint density at radius 2 is 1.62 bits per heavy atom. The normalized spacial score (nSPS) is 12.0. The minimum Gasteiger partial charge on any atom is -0.478 e. The Balaban J connectivity index is 2.41. The number of ketones is 1. The maximum atomic E-state index is 12.9. The number of benzene rings is 2. The molecule has 7 heteroatoms. The summed E-state index contributed by atoms with van der Waals surface area (Å²) in [7, 11) is 1.28. The molecule has 0 saturated heterocycles. The Bertz CT molecular complexity index is 1230. The summed E-state index contributed by atoms with van der Waals surface area (Å²) >= 11 is 5.63. The molecule has 6 nitrogen and oxygen atoms in total. The third-order valence-corrected chi connectivity index (χ3v) is 6.16. The summed E-state index contributed by atoms with van der Waals surface area (Å²) < 4.78 is 12.8. The van der Waals surface area contributed by atoms with E-state index in [0.717, 1.165) is 27.8 Å². The maximum Gasteiger partial charge on any atom is 0.346 e. The summed E-state index contributed by atoms with van der Waals surface area (Å²) in [6, 6.07) is 9.81. The van der Waals surface area contributed by atoms with Gasteiger partial charge in [0, 0.05) is 12.2 Å². The van der Waals surface area contributed by atoms with E-state index in [9.17, 15) is 14.4 Å². The number of rotatable bonds is 7. The molecule has 0 aliphatic carbocycles. The number of aryl methyl sites for hydroxylation is 1. The van der Waals surface area contributed by atoms with Crippen molar-refractivity contribution in [2.45, 2.75) is 47.3 Å². The largest absolute Gasteiger partial charge is 0.478 e. The summed E-state index contributed by atoms with van der Waals surface area (Å²) in [4.78, 5) is 36.9. The second-order valence-electron chi connectivity index (χ2n) is 7.85. The lowest BCUT2D eigenvalue weighted by molar-refractivity contribution is -0.147. The van der Waals surface area contributed by atoms with Gasteiger partial charge in [0.2, 0.25) is 5.78 Å². The lowest BCUT2D eigenvalue weighted by atomic mass is 9.96. The molecular formula is C25H26ClNO5. The molecule has 3 rings (SSSR count). The van der Waals surface area contributed by atoms with Crippen LogP contribution in [0.5, 0.6) is 5.75 Å². The number of methoxy groups -OCH3 is 1. The highest BCUT2D eigenvalue weighted by Gasteiger charge is 2.30. The Labute approximate surface area is 192 Å². The number of fused-ring (bicyclic) bond motifs is 1. The van der Waals surface area contributed by atoms with E-state index >= 15 is 0 Å². The Kier molecular flexibility index (Phi) is 6.74. The molecule has 1 heterocycles. The van der Waals surface area contributed by atoms with Gasteiger partial charge in [-0.2, -0.15) is 0 Å². The lowest BCUT2D eigenvalue weighted by Crippen LogP contribution is -2.25. The number of esters is 1. The molecule has 0 spiro atoms. The van der Waals surface area contributed by atoms with Crippen LogP contribution in [0.25, 0.3) is 10.9 Å². The van der Waals surface area contributed by atoms with Gasteiger partial charge in [-0.3, -0.25) is 9.59 Å². The van der Waals surface area contributed by atoms with Crippen LogP contribution in [0.4, 0.5) is 0 Å². The highest BCUT2D eigenvalue weighted by Crippen LogP contribution is 2.41. The van der Waals surface area contributed by atoms with Crippen molar-refractivity contribution in [1.29, 1.82) is 0 Å². The third-order valence-electron chi connectivity index (χ3n) is 5.99. The van der Waals surface area contributed by atoms with Crippen molar-refractivity contribution in [3.63, 3.8) is 0 Å². The van der Waals surface area contributed by atoms with E-state index in [2.05, 4.69) is 0 Å². The standard InChI is InChI=1S/C25H26ClNO5/c1-13-14(2)21-20(23(15(13)3)32-17(5)25(30)31-6)19(22(28)24(26)29)16(4)27(21)12-18-10-8-7-9-11-18/h7-11,17H,12H2,1-6H3. The third kappa shape index (κ3) is 4.02. The summed E-state index contributed by atoms with van der Waals surface area (Å²) in [6.07, 6.45) is -0.906. The molecule has 0 amide bonds. The molecule has 2 aromatic carbocycles. The number of ether oxygens (including phenoxy) is 2. The second-order valence-corrected chi connectivity index (χ2v) is 8.19. The van der Waals surface area contributed by atoms with Gasteiger partial charge in [-0.15, -0.1) is 0 Å². The van der Waals surface area contributed by atoms with Crippen molar-refractivity contribution >= 4 is 39.5 Å². The van der Waals surface area contributed by atoms with Crippen molar-refractivity contribution in [2.24, 2.45) is 0 Å². The fourth-order valence-electron chi connectivity index (χ4n) is 4.04. The highest BCUT2D eigenvalue weighted by molar-refractivity contribution is 6.83. The van der Waals surface area contributed by atoms with E-state index in [0.29, 0.717) is 23.4 Å². The van der Waals surface area contributed by atoms with Crippen molar-refractivity contribution in [2.75, 3.05) is 7.11 Å². The molecule has 1 atom stereocenters. The number of carbonyl (C=O) groups excluding carboxylic acids is 3. The Hall–Kier alpha value is -3.12. The molecule has 0 aliphatic heterocycles.